The Balaban J connectivity index is 1.95. The molecule has 0 aromatic carbocycles. The lowest BCUT2D eigenvalue weighted by Gasteiger charge is -2.23. The fourth-order valence-corrected chi connectivity index (χ4v) is 2.53. The Morgan fingerprint density at radius 1 is 1.50 bits per heavy atom. The predicted octanol–water partition coefficient (Wildman–Crippen LogP) is 1.90. The van der Waals surface area contributed by atoms with Gasteiger partial charge >= 0.3 is 0 Å². The van der Waals surface area contributed by atoms with Crippen molar-refractivity contribution >= 4 is 0 Å². The Labute approximate surface area is 105 Å². The molecule has 0 bridgehead atoms. The van der Waals surface area contributed by atoms with Crippen LogP contribution in [0.5, 0.6) is 0 Å². The molecule has 2 N–H and O–H groups in total. The first kappa shape index (κ1) is 11.3. The molecule has 2 aromatic heterocycles. The van der Waals surface area contributed by atoms with Crippen molar-refractivity contribution in [3.05, 3.63) is 30.4 Å². The average molecular weight is 244 g/mol. The summed E-state index contributed by atoms with van der Waals surface area (Å²) in [7, 11) is 0. The first-order valence-electron chi connectivity index (χ1n) is 6.20. The highest BCUT2D eigenvalue weighted by atomic mass is 16.5. The van der Waals surface area contributed by atoms with E-state index >= 15 is 0 Å². The van der Waals surface area contributed by atoms with Crippen molar-refractivity contribution in [2.75, 3.05) is 0 Å². The molecule has 1 fully saturated rings. The summed E-state index contributed by atoms with van der Waals surface area (Å²) >= 11 is 0. The topological polar surface area (TPSA) is 77.8 Å². The second-order valence-electron chi connectivity index (χ2n) is 5.08. The minimum Gasteiger partial charge on any atom is -0.338 e. The van der Waals surface area contributed by atoms with Gasteiger partial charge in [-0.3, -0.25) is 4.98 Å². The van der Waals surface area contributed by atoms with Crippen LogP contribution in [-0.2, 0) is 5.41 Å². The van der Waals surface area contributed by atoms with Crippen LogP contribution in [0.1, 0.15) is 32.1 Å². The van der Waals surface area contributed by atoms with Gasteiger partial charge in [0, 0.05) is 24.0 Å². The van der Waals surface area contributed by atoms with Crippen LogP contribution in [0.25, 0.3) is 11.4 Å². The second-order valence-corrected chi connectivity index (χ2v) is 5.08. The van der Waals surface area contributed by atoms with Crippen LogP contribution in [0.2, 0.25) is 0 Å². The molecule has 5 nitrogen and oxygen atoms in total. The van der Waals surface area contributed by atoms with Crippen LogP contribution >= 0.6 is 0 Å². The fourth-order valence-electron chi connectivity index (χ4n) is 2.53. The van der Waals surface area contributed by atoms with Gasteiger partial charge in [0.05, 0.1) is 5.41 Å². The SMILES string of the molecule is CC1(c2nc(-c3cccnc3)no2)CCCC1N. The molecule has 94 valence electrons. The molecule has 0 saturated heterocycles. The molecule has 2 aromatic rings. The highest BCUT2D eigenvalue weighted by Gasteiger charge is 2.42. The summed E-state index contributed by atoms with van der Waals surface area (Å²) in [6.07, 6.45) is 6.58. The molecule has 2 unspecified atom stereocenters. The van der Waals surface area contributed by atoms with Crippen molar-refractivity contribution in [1.29, 1.82) is 0 Å². The van der Waals surface area contributed by atoms with Gasteiger partial charge in [-0.2, -0.15) is 4.98 Å². The van der Waals surface area contributed by atoms with Crippen LogP contribution in [-0.4, -0.2) is 21.2 Å². The van der Waals surface area contributed by atoms with Crippen LogP contribution in [0.3, 0.4) is 0 Å². The zero-order valence-electron chi connectivity index (χ0n) is 10.3. The van der Waals surface area contributed by atoms with E-state index in [4.69, 9.17) is 10.3 Å². The number of rotatable bonds is 2. The molecule has 3 rings (SSSR count). The molecule has 2 atom stereocenters. The summed E-state index contributed by atoms with van der Waals surface area (Å²) in [5.41, 5.74) is 6.83. The minimum absolute atomic E-state index is 0.0969. The molecule has 2 heterocycles. The van der Waals surface area contributed by atoms with Gasteiger partial charge in [-0.25, -0.2) is 0 Å². The summed E-state index contributed by atoms with van der Waals surface area (Å²) in [6, 6.07) is 3.87. The second kappa shape index (κ2) is 4.17. The van der Waals surface area contributed by atoms with E-state index in [-0.39, 0.29) is 11.5 Å². The molecule has 1 aliphatic carbocycles. The molecular weight excluding hydrogens is 228 g/mol. The molecule has 1 saturated carbocycles. The summed E-state index contributed by atoms with van der Waals surface area (Å²) in [5, 5.41) is 4.03. The summed E-state index contributed by atoms with van der Waals surface area (Å²) in [4.78, 5) is 8.54. The van der Waals surface area contributed by atoms with Gasteiger partial charge in [-0.1, -0.05) is 11.6 Å². The fraction of sp³-hybridized carbons (Fsp3) is 0.462. The van der Waals surface area contributed by atoms with Crippen molar-refractivity contribution < 1.29 is 4.52 Å². The number of hydrogen-bond acceptors (Lipinski definition) is 5. The van der Waals surface area contributed by atoms with Crippen molar-refractivity contribution in [1.82, 2.24) is 15.1 Å². The van der Waals surface area contributed by atoms with Gasteiger partial charge < -0.3 is 10.3 Å². The van der Waals surface area contributed by atoms with Gasteiger partial charge in [0.1, 0.15) is 0 Å². The molecule has 0 aliphatic heterocycles. The smallest absolute Gasteiger partial charge is 0.234 e. The van der Waals surface area contributed by atoms with E-state index in [0.717, 1.165) is 24.8 Å². The Hall–Kier alpha value is -1.75. The number of nitrogens with zero attached hydrogens (tertiary/aromatic N) is 3. The van der Waals surface area contributed by atoms with E-state index in [1.165, 1.54) is 0 Å². The van der Waals surface area contributed by atoms with Gasteiger partial charge in [0.2, 0.25) is 11.7 Å². The van der Waals surface area contributed by atoms with Gasteiger partial charge in [0.25, 0.3) is 0 Å². The molecule has 0 radical (unpaired) electrons. The Morgan fingerprint density at radius 3 is 3.06 bits per heavy atom. The lowest BCUT2D eigenvalue weighted by atomic mass is 9.85. The lowest BCUT2D eigenvalue weighted by molar-refractivity contribution is 0.278. The van der Waals surface area contributed by atoms with Crippen molar-refractivity contribution in [2.45, 2.75) is 37.6 Å². The molecule has 0 amide bonds. The molecule has 1 aliphatic rings. The van der Waals surface area contributed by atoms with E-state index in [9.17, 15) is 0 Å². The van der Waals surface area contributed by atoms with E-state index in [0.29, 0.717) is 11.7 Å². The largest absolute Gasteiger partial charge is 0.338 e. The summed E-state index contributed by atoms with van der Waals surface area (Å²) in [6.45, 7) is 2.10. The third kappa shape index (κ3) is 1.71. The maximum atomic E-state index is 6.15. The van der Waals surface area contributed by atoms with Crippen LogP contribution in [0.15, 0.2) is 29.0 Å². The van der Waals surface area contributed by atoms with E-state index in [2.05, 4.69) is 22.0 Å². The monoisotopic (exact) mass is 244 g/mol. The maximum absolute atomic E-state index is 6.15. The quantitative estimate of drug-likeness (QED) is 0.873. The normalized spacial score (nSPS) is 27.6. The van der Waals surface area contributed by atoms with Crippen molar-refractivity contribution in [3.8, 4) is 11.4 Å². The Kier molecular flexibility index (Phi) is 2.63. The Bertz CT molecular complexity index is 539. The zero-order chi connectivity index (χ0) is 12.6. The van der Waals surface area contributed by atoms with Crippen LogP contribution in [0.4, 0.5) is 0 Å². The molecule has 5 heteroatoms. The molecular formula is C13H16N4O. The van der Waals surface area contributed by atoms with Gasteiger partial charge in [-0.15, -0.1) is 0 Å². The predicted molar refractivity (Wildman–Crippen MR) is 66.7 cm³/mol. The van der Waals surface area contributed by atoms with Crippen LogP contribution < -0.4 is 5.73 Å². The highest BCUT2D eigenvalue weighted by molar-refractivity contribution is 5.52. The zero-order valence-corrected chi connectivity index (χ0v) is 10.3. The number of nitrogens with two attached hydrogens (primary N) is 1. The Morgan fingerprint density at radius 2 is 2.39 bits per heavy atom. The number of pyridine rings is 1. The van der Waals surface area contributed by atoms with Crippen LogP contribution in [0, 0.1) is 0 Å². The first-order valence-corrected chi connectivity index (χ1v) is 6.20. The van der Waals surface area contributed by atoms with E-state index in [1.807, 2.05) is 12.1 Å². The maximum Gasteiger partial charge on any atom is 0.234 e. The lowest BCUT2D eigenvalue weighted by Crippen LogP contribution is -2.38. The summed E-state index contributed by atoms with van der Waals surface area (Å²) < 4.78 is 5.41. The van der Waals surface area contributed by atoms with Gasteiger partial charge in [-0.05, 0) is 31.9 Å². The van der Waals surface area contributed by atoms with E-state index in [1.54, 1.807) is 12.4 Å². The van der Waals surface area contributed by atoms with E-state index < -0.39 is 0 Å². The number of hydrogen-bond donors (Lipinski definition) is 1. The molecule has 0 spiro atoms. The molecule has 18 heavy (non-hydrogen) atoms. The highest BCUT2D eigenvalue weighted by Crippen LogP contribution is 2.39. The van der Waals surface area contributed by atoms with Crippen molar-refractivity contribution in [3.63, 3.8) is 0 Å². The van der Waals surface area contributed by atoms with Crippen molar-refractivity contribution in [2.24, 2.45) is 5.73 Å². The third-order valence-corrected chi connectivity index (χ3v) is 3.86. The summed E-state index contributed by atoms with van der Waals surface area (Å²) in [5.74, 6) is 1.23. The minimum atomic E-state index is -0.187. The average Bonchev–Trinajstić information content (AvgIpc) is 3.00. The standard InChI is InChI=1S/C13H16N4O/c1-13(6-2-5-10(13)14)12-16-11(17-18-12)9-4-3-7-15-8-9/h3-4,7-8,10H,2,5-6,14H2,1H3. The number of aromatic nitrogens is 3. The first-order chi connectivity index (χ1) is 8.70. The third-order valence-electron chi connectivity index (χ3n) is 3.86. The van der Waals surface area contributed by atoms with Gasteiger partial charge in [0.15, 0.2) is 0 Å².